The molecule has 636 valence electrons. The molecule has 0 bridgehead atoms. The first-order valence-electron chi connectivity index (χ1n) is 46.1. The summed E-state index contributed by atoms with van der Waals surface area (Å²) in [5.74, 6) is 0. The van der Waals surface area contributed by atoms with Gasteiger partial charge in [0.15, 0.2) is 0 Å². The molecular formula is C123H82N10OS. The molecule has 0 aliphatic rings. The lowest BCUT2D eigenvalue weighted by Gasteiger charge is -2.10. The zero-order valence-electron chi connectivity index (χ0n) is 74.2. The molecular weight excluding hydrogens is 1670 g/mol. The zero-order valence-corrected chi connectivity index (χ0v) is 75.0. The summed E-state index contributed by atoms with van der Waals surface area (Å²) < 4.78 is 30.0. The minimum atomic E-state index is 0.919. The lowest BCUT2D eigenvalue weighted by molar-refractivity contribution is 0.669. The molecule has 12 aromatic heterocycles. The Morgan fingerprint density at radius 1 is 0.163 bits per heavy atom. The highest BCUT2D eigenvalue weighted by Crippen LogP contribution is 2.47. The summed E-state index contributed by atoms with van der Waals surface area (Å²) in [6.07, 6.45) is 3.71. The minimum Gasteiger partial charge on any atom is -0.456 e. The Balaban J connectivity index is 0.0000000901. The summed E-state index contributed by atoms with van der Waals surface area (Å²) in [5.41, 5.74) is 30.1. The number of rotatable bonds is 5. The summed E-state index contributed by atoms with van der Waals surface area (Å²) in [4.78, 5) is 4.19. The van der Waals surface area contributed by atoms with Crippen molar-refractivity contribution in [1.82, 2.24) is 46.1 Å². The van der Waals surface area contributed by atoms with Crippen LogP contribution in [0.25, 0.3) is 267 Å². The van der Waals surface area contributed by atoms with Crippen LogP contribution in [0.1, 0.15) is 0 Å². The number of aryl methyl sites for hydroxylation is 4. The monoisotopic (exact) mass is 1750 g/mol. The fraction of sp³-hybridized carbons (Fsp3) is 0.0325. The van der Waals surface area contributed by atoms with Crippen molar-refractivity contribution in [3.8, 4) is 28.4 Å². The van der Waals surface area contributed by atoms with E-state index in [-0.39, 0.29) is 0 Å². The molecule has 31 aromatic rings. The summed E-state index contributed by atoms with van der Waals surface area (Å²) in [5, 5.41) is 28.0. The number of thiophene rings is 1. The van der Waals surface area contributed by atoms with Gasteiger partial charge < -0.3 is 45.5 Å². The van der Waals surface area contributed by atoms with E-state index in [0.29, 0.717) is 0 Å². The third-order valence-electron chi connectivity index (χ3n) is 28.9. The molecule has 0 unspecified atom stereocenters. The molecule has 135 heavy (non-hydrogen) atoms. The van der Waals surface area contributed by atoms with Crippen LogP contribution in [-0.2, 0) is 28.2 Å². The average Bonchev–Trinajstić information content (AvgIpc) is 1.58. The van der Waals surface area contributed by atoms with Crippen molar-refractivity contribution in [3.63, 3.8) is 0 Å². The average molecular weight is 1750 g/mol. The fourth-order valence-electron chi connectivity index (χ4n) is 22.7. The number of hydrogen-bond acceptors (Lipinski definition) is 3. The first-order valence-corrected chi connectivity index (χ1v) is 46.9. The molecule has 0 aliphatic carbocycles. The third kappa shape index (κ3) is 11.4. The van der Waals surface area contributed by atoms with Crippen molar-refractivity contribution in [2.45, 2.75) is 0 Å². The predicted octanol–water partition coefficient (Wildman–Crippen LogP) is 32.5. The van der Waals surface area contributed by atoms with E-state index in [1.165, 1.54) is 233 Å². The molecule has 0 spiro atoms. The van der Waals surface area contributed by atoms with E-state index in [4.69, 9.17) is 4.42 Å². The Hall–Kier alpha value is -17.5. The maximum atomic E-state index is 6.10. The van der Waals surface area contributed by atoms with Crippen LogP contribution in [0.3, 0.4) is 0 Å². The highest BCUT2D eigenvalue weighted by molar-refractivity contribution is 7.25. The molecule has 0 aliphatic heterocycles. The summed E-state index contributed by atoms with van der Waals surface area (Å²) in [6.45, 7) is 0. The van der Waals surface area contributed by atoms with Gasteiger partial charge in [0.05, 0.1) is 55.2 Å². The number of benzene rings is 19. The largest absolute Gasteiger partial charge is 0.456 e. The SMILES string of the molecule is Cn1c2ccccc2c2cc3c(cc21)c1ccccc1n3-c1ccc2c(c1)c1ccccc1n2-c1ccccc1.Cn1c2ccccc2c2cc3c(cc21)c1ccccc1n3-c1ccc2oc3ccccc3c2c1.Cn1c2ccccc2c2cc3c(cc21)c1ccccc1n3-c1ccc2sc3ccccc3c2c1.Cn1c2ccccc2c2cc3c(cc21)c1ccccc1n3-c1ccncc1. The molecule has 0 saturated heterocycles. The topological polar surface area (TPSA) is 70.4 Å². The van der Waals surface area contributed by atoms with Gasteiger partial charge in [-0.05, 0) is 194 Å². The lowest BCUT2D eigenvalue weighted by Crippen LogP contribution is -1.95. The van der Waals surface area contributed by atoms with Gasteiger partial charge in [0.1, 0.15) is 11.2 Å². The van der Waals surface area contributed by atoms with Crippen molar-refractivity contribution < 1.29 is 4.42 Å². The second-order valence-electron chi connectivity index (χ2n) is 35.9. The maximum Gasteiger partial charge on any atom is 0.135 e. The Bertz CT molecular complexity index is 10100. The quantitative estimate of drug-likeness (QED) is 0.172. The second-order valence-corrected chi connectivity index (χ2v) is 37.0. The van der Waals surface area contributed by atoms with Gasteiger partial charge in [0.25, 0.3) is 0 Å². The Kier molecular flexibility index (Phi) is 16.7. The smallest absolute Gasteiger partial charge is 0.135 e. The van der Waals surface area contributed by atoms with E-state index in [1.807, 2.05) is 35.9 Å². The summed E-state index contributed by atoms with van der Waals surface area (Å²) in [6, 6.07) is 149. The molecule has 0 radical (unpaired) electrons. The van der Waals surface area contributed by atoms with Crippen molar-refractivity contribution in [1.29, 1.82) is 0 Å². The molecule has 0 fully saturated rings. The van der Waals surface area contributed by atoms with Crippen LogP contribution in [-0.4, -0.2) is 46.1 Å². The first-order chi connectivity index (χ1) is 66.7. The van der Waals surface area contributed by atoms with E-state index in [0.717, 1.165) is 33.3 Å². The van der Waals surface area contributed by atoms with Crippen molar-refractivity contribution in [2.24, 2.45) is 28.2 Å². The van der Waals surface area contributed by atoms with Crippen LogP contribution >= 0.6 is 11.3 Å². The van der Waals surface area contributed by atoms with Crippen molar-refractivity contribution in [3.05, 3.63) is 425 Å². The number of aromatic nitrogens is 10. The van der Waals surface area contributed by atoms with Gasteiger partial charge in [0.2, 0.25) is 0 Å². The normalized spacial score (nSPS) is 12.1. The highest BCUT2D eigenvalue weighted by atomic mass is 32.1. The molecule has 31 rings (SSSR count). The van der Waals surface area contributed by atoms with Gasteiger partial charge in [-0.25, -0.2) is 0 Å². The highest BCUT2D eigenvalue weighted by Gasteiger charge is 2.25. The Morgan fingerprint density at radius 2 is 0.415 bits per heavy atom. The van der Waals surface area contributed by atoms with E-state index in [2.05, 4.69) is 475 Å². The fourth-order valence-corrected chi connectivity index (χ4v) is 23.8. The molecule has 0 N–H and O–H groups in total. The van der Waals surface area contributed by atoms with E-state index in [9.17, 15) is 0 Å². The third-order valence-corrected chi connectivity index (χ3v) is 30.1. The maximum absolute atomic E-state index is 6.10. The Labute approximate surface area is 776 Å². The molecule has 19 aromatic carbocycles. The van der Waals surface area contributed by atoms with Gasteiger partial charge in [0, 0.05) is 241 Å². The van der Waals surface area contributed by atoms with E-state index < -0.39 is 0 Å². The predicted molar refractivity (Wildman–Crippen MR) is 571 cm³/mol. The number of hydrogen-bond donors (Lipinski definition) is 0. The summed E-state index contributed by atoms with van der Waals surface area (Å²) in [7, 11) is 8.66. The van der Waals surface area contributed by atoms with Crippen LogP contribution in [0.15, 0.2) is 429 Å². The van der Waals surface area contributed by atoms with E-state index >= 15 is 0 Å². The van der Waals surface area contributed by atoms with Gasteiger partial charge >= 0.3 is 0 Å². The molecule has 12 heteroatoms. The van der Waals surface area contributed by atoms with Crippen molar-refractivity contribution >= 4 is 250 Å². The molecule has 11 nitrogen and oxygen atoms in total. The zero-order chi connectivity index (χ0) is 89.1. The van der Waals surface area contributed by atoms with Gasteiger partial charge in [-0.2, -0.15) is 0 Å². The molecule has 0 atom stereocenters. The van der Waals surface area contributed by atoms with Gasteiger partial charge in [-0.3, -0.25) is 4.98 Å². The first kappa shape index (κ1) is 76.4. The van der Waals surface area contributed by atoms with Gasteiger partial charge in [-0.15, -0.1) is 11.3 Å². The van der Waals surface area contributed by atoms with Crippen LogP contribution in [0, 0.1) is 0 Å². The summed E-state index contributed by atoms with van der Waals surface area (Å²) >= 11 is 1.87. The number of para-hydroxylation sites is 11. The minimum absolute atomic E-state index is 0.919. The number of furan rings is 1. The molecule has 12 heterocycles. The van der Waals surface area contributed by atoms with Crippen LogP contribution in [0.2, 0.25) is 0 Å². The van der Waals surface area contributed by atoms with Crippen molar-refractivity contribution in [2.75, 3.05) is 0 Å². The standard InChI is InChI=1S/C37H25N3.C31H20N2O.C31H20N2S.C24H17N3/c1-38-32-16-8-5-13-26(32)30-23-37-31(22-36(30)38)28-15-7-10-18-34(28)40(37)25-19-20-35-29(21-25)27-14-6-9-17-33(27)39(35)24-11-3-2-4-12-24;2*1-32-26-11-5-2-8-20(26)23-18-29-24(17-28(23)32)21-9-3-6-12-27(21)33(29)19-14-15-31-25(16-19)22-10-4-7-13-30(22)34-31;1-26-21-8-4-2-6-17(21)19-15-24-20(14-23(19)26)18-7-3-5-9-22(18)27(24)16-10-12-25-13-11-16/h2-23H,1H3;2*2-18H,1H3;2-15H,1H3. The van der Waals surface area contributed by atoms with Crippen LogP contribution < -0.4 is 0 Å². The lowest BCUT2D eigenvalue weighted by atomic mass is 10.1. The van der Waals surface area contributed by atoms with Crippen LogP contribution in [0.5, 0.6) is 0 Å². The molecule has 0 amide bonds. The number of pyridine rings is 1. The van der Waals surface area contributed by atoms with E-state index in [1.54, 1.807) is 0 Å². The number of fused-ring (bicyclic) bond motifs is 33. The second kappa shape index (κ2) is 29.5. The van der Waals surface area contributed by atoms with Gasteiger partial charge in [-0.1, -0.05) is 218 Å². The molecule has 0 saturated carbocycles. The number of nitrogens with zero attached hydrogens (tertiary/aromatic N) is 10. The van der Waals surface area contributed by atoms with Crippen LogP contribution in [0.4, 0.5) is 0 Å². The Morgan fingerprint density at radius 3 is 0.822 bits per heavy atom.